The molecule has 8 nitrogen and oxygen atoms in total. The molecule has 1 N–H and O–H groups in total. The summed E-state index contributed by atoms with van der Waals surface area (Å²) in [5.74, 6) is -0.158. The van der Waals surface area contributed by atoms with Crippen molar-refractivity contribution in [3.8, 4) is 5.75 Å². The molecule has 0 heterocycles. The van der Waals surface area contributed by atoms with Crippen LogP contribution in [0.4, 0.5) is 5.69 Å². The van der Waals surface area contributed by atoms with Crippen molar-refractivity contribution in [1.82, 2.24) is 10.2 Å². The number of benzene rings is 3. The third kappa shape index (κ3) is 8.04. The van der Waals surface area contributed by atoms with Crippen LogP contribution in [0.5, 0.6) is 5.75 Å². The third-order valence-electron chi connectivity index (χ3n) is 7.23. The van der Waals surface area contributed by atoms with E-state index >= 15 is 0 Å². The molecule has 0 saturated carbocycles. The van der Waals surface area contributed by atoms with E-state index in [1.807, 2.05) is 46.8 Å². The lowest BCUT2D eigenvalue weighted by Crippen LogP contribution is -2.53. The summed E-state index contributed by atoms with van der Waals surface area (Å²) < 4.78 is 34.3. The predicted octanol–water partition coefficient (Wildman–Crippen LogP) is 5.88. The Bertz CT molecular complexity index is 1480. The number of methoxy groups -OCH3 is 1. The Labute approximate surface area is 254 Å². The van der Waals surface area contributed by atoms with E-state index in [-0.39, 0.29) is 29.1 Å². The summed E-state index contributed by atoms with van der Waals surface area (Å²) in [6.07, 6.45) is 1.07. The molecule has 3 aromatic rings. The van der Waals surface area contributed by atoms with Crippen LogP contribution in [-0.4, -0.2) is 50.9 Å². The van der Waals surface area contributed by atoms with Gasteiger partial charge < -0.3 is 15.0 Å². The van der Waals surface area contributed by atoms with E-state index in [0.717, 1.165) is 27.4 Å². The molecule has 10 heteroatoms. The van der Waals surface area contributed by atoms with Gasteiger partial charge in [0.1, 0.15) is 18.3 Å². The van der Waals surface area contributed by atoms with Crippen LogP contribution in [0.1, 0.15) is 50.3 Å². The highest BCUT2D eigenvalue weighted by atomic mass is 35.5. The van der Waals surface area contributed by atoms with Crippen molar-refractivity contribution in [1.29, 1.82) is 0 Å². The van der Waals surface area contributed by atoms with Gasteiger partial charge in [-0.3, -0.25) is 13.9 Å². The smallest absolute Gasteiger partial charge is 0.264 e. The van der Waals surface area contributed by atoms with Crippen LogP contribution < -0.4 is 14.4 Å². The van der Waals surface area contributed by atoms with Crippen LogP contribution in [0.3, 0.4) is 0 Å². The van der Waals surface area contributed by atoms with Crippen LogP contribution >= 0.6 is 11.6 Å². The number of halogens is 1. The van der Waals surface area contributed by atoms with Crippen molar-refractivity contribution in [3.05, 3.63) is 88.4 Å². The summed E-state index contributed by atoms with van der Waals surface area (Å²) in [4.78, 5) is 29.1. The van der Waals surface area contributed by atoms with E-state index in [1.54, 1.807) is 43.5 Å². The quantitative estimate of drug-likeness (QED) is 0.260. The second-order valence-corrected chi connectivity index (χ2v) is 12.6. The lowest BCUT2D eigenvalue weighted by atomic mass is 10.1. The number of amides is 2. The number of hydrogen-bond acceptors (Lipinski definition) is 5. The van der Waals surface area contributed by atoms with E-state index in [9.17, 15) is 18.0 Å². The fraction of sp³-hybridized carbons (Fsp3) is 0.375. The van der Waals surface area contributed by atoms with Crippen molar-refractivity contribution in [3.63, 3.8) is 0 Å². The van der Waals surface area contributed by atoms with Gasteiger partial charge in [0.2, 0.25) is 11.8 Å². The van der Waals surface area contributed by atoms with Crippen LogP contribution in [-0.2, 0) is 26.2 Å². The highest BCUT2D eigenvalue weighted by Gasteiger charge is 2.34. The Hall–Kier alpha value is -3.56. The summed E-state index contributed by atoms with van der Waals surface area (Å²) in [6, 6.07) is 17.6. The molecule has 0 aliphatic rings. The summed E-state index contributed by atoms with van der Waals surface area (Å²) in [7, 11) is -2.61. The maximum absolute atomic E-state index is 14.2. The van der Waals surface area contributed by atoms with Crippen LogP contribution in [0.25, 0.3) is 0 Å². The number of rotatable bonds is 13. The molecule has 0 aromatic heterocycles. The van der Waals surface area contributed by atoms with E-state index < -0.39 is 28.5 Å². The molecule has 42 heavy (non-hydrogen) atoms. The van der Waals surface area contributed by atoms with Crippen LogP contribution in [0.15, 0.2) is 71.6 Å². The van der Waals surface area contributed by atoms with Gasteiger partial charge in [-0.15, -0.1) is 0 Å². The van der Waals surface area contributed by atoms with Crippen molar-refractivity contribution in [2.24, 2.45) is 0 Å². The average Bonchev–Trinajstić information content (AvgIpc) is 2.97. The topological polar surface area (TPSA) is 96.0 Å². The minimum absolute atomic E-state index is 0.0425. The first kappa shape index (κ1) is 32.9. The fourth-order valence-corrected chi connectivity index (χ4v) is 5.97. The molecular formula is C32H40ClN3O5S. The molecule has 0 fully saturated rings. The first-order chi connectivity index (χ1) is 19.9. The summed E-state index contributed by atoms with van der Waals surface area (Å²) in [6.45, 7) is 8.94. The molecule has 226 valence electrons. The summed E-state index contributed by atoms with van der Waals surface area (Å²) in [5.41, 5.74) is 2.69. The highest BCUT2D eigenvalue weighted by Crippen LogP contribution is 2.29. The number of anilines is 1. The minimum Gasteiger partial charge on any atom is -0.497 e. The summed E-state index contributed by atoms with van der Waals surface area (Å²) in [5, 5.41) is 3.35. The van der Waals surface area contributed by atoms with Gasteiger partial charge >= 0.3 is 0 Å². The number of nitrogens with zero attached hydrogens (tertiary/aromatic N) is 2. The van der Waals surface area contributed by atoms with Crippen molar-refractivity contribution < 1.29 is 22.7 Å². The Morgan fingerprint density at radius 3 is 2.14 bits per heavy atom. The van der Waals surface area contributed by atoms with Gasteiger partial charge in [0.25, 0.3) is 10.0 Å². The zero-order valence-electron chi connectivity index (χ0n) is 25.1. The molecule has 0 radical (unpaired) electrons. The number of aryl methyl sites for hydroxylation is 2. The molecule has 2 amide bonds. The Morgan fingerprint density at radius 2 is 1.60 bits per heavy atom. The SMILES string of the molecule is CC[C@H](C)NC(=O)[C@H](CC)N(Cc1ccc(OC)cc1)C(=O)CN(c1ccc(C)c(Cl)c1)S(=O)(=O)c1ccc(C)cc1. The first-order valence-corrected chi connectivity index (χ1v) is 15.8. The Balaban J connectivity index is 2.08. The maximum Gasteiger partial charge on any atom is 0.264 e. The molecular weight excluding hydrogens is 574 g/mol. The molecule has 0 aliphatic heterocycles. The van der Waals surface area contributed by atoms with Crippen molar-refractivity contribution >= 4 is 39.1 Å². The summed E-state index contributed by atoms with van der Waals surface area (Å²) >= 11 is 6.40. The number of carbonyl (C=O) groups excluding carboxylic acids is 2. The molecule has 0 spiro atoms. The lowest BCUT2D eigenvalue weighted by molar-refractivity contribution is -0.140. The minimum atomic E-state index is -4.18. The van der Waals surface area contributed by atoms with Gasteiger partial charge in [-0.25, -0.2) is 8.42 Å². The fourth-order valence-electron chi connectivity index (χ4n) is 4.39. The Kier molecular flexibility index (Phi) is 11.4. The maximum atomic E-state index is 14.2. The van der Waals surface area contributed by atoms with E-state index in [0.29, 0.717) is 17.2 Å². The monoisotopic (exact) mass is 613 g/mol. The second kappa shape index (κ2) is 14.6. The normalized spacial score (nSPS) is 12.7. The zero-order valence-corrected chi connectivity index (χ0v) is 26.6. The molecule has 0 saturated heterocycles. The van der Waals surface area contributed by atoms with Gasteiger partial charge in [-0.1, -0.05) is 61.3 Å². The van der Waals surface area contributed by atoms with Gasteiger partial charge in [0.15, 0.2) is 0 Å². The standard InChI is InChI=1S/C32H40ClN3O5S/c1-7-24(5)34-32(38)30(8-2)35(20-25-12-15-27(41-6)16-13-25)31(37)21-36(26-14-11-23(4)29(33)19-26)42(39,40)28-17-9-22(3)10-18-28/h9-19,24,30H,7-8,20-21H2,1-6H3,(H,34,38)/t24-,30-/m0/s1. The number of hydrogen-bond donors (Lipinski definition) is 1. The molecule has 3 aromatic carbocycles. The molecule has 0 bridgehead atoms. The average molecular weight is 614 g/mol. The number of nitrogens with one attached hydrogen (secondary N) is 1. The van der Waals surface area contributed by atoms with E-state index in [1.165, 1.54) is 23.1 Å². The highest BCUT2D eigenvalue weighted by molar-refractivity contribution is 7.92. The van der Waals surface area contributed by atoms with Gasteiger partial charge in [0, 0.05) is 17.6 Å². The number of carbonyl (C=O) groups is 2. The molecule has 0 aliphatic carbocycles. The van der Waals surface area contributed by atoms with Crippen molar-refractivity contribution in [2.45, 2.75) is 71.0 Å². The predicted molar refractivity (Wildman–Crippen MR) is 167 cm³/mol. The lowest BCUT2D eigenvalue weighted by Gasteiger charge is -2.34. The van der Waals surface area contributed by atoms with Crippen molar-refractivity contribution in [2.75, 3.05) is 18.0 Å². The zero-order chi connectivity index (χ0) is 31.0. The molecule has 3 rings (SSSR count). The second-order valence-electron chi connectivity index (χ2n) is 10.4. The molecule has 0 unspecified atom stereocenters. The third-order valence-corrected chi connectivity index (χ3v) is 9.43. The Morgan fingerprint density at radius 1 is 0.952 bits per heavy atom. The van der Waals surface area contributed by atoms with E-state index in [4.69, 9.17) is 16.3 Å². The number of sulfonamides is 1. The van der Waals surface area contributed by atoms with Crippen LogP contribution in [0.2, 0.25) is 5.02 Å². The van der Waals surface area contributed by atoms with Gasteiger partial charge in [0.05, 0.1) is 17.7 Å². The van der Waals surface area contributed by atoms with Crippen LogP contribution in [0, 0.1) is 13.8 Å². The largest absolute Gasteiger partial charge is 0.497 e. The van der Waals surface area contributed by atoms with Gasteiger partial charge in [-0.05, 0) is 81.1 Å². The number of ether oxygens (including phenoxy) is 1. The van der Waals surface area contributed by atoms with E-state index in [2.05, 4.69) is 5.32 Å². The molecule has 2 atom stereocenters. The van der Waals surface area contributed by atoms with Gasteiger partial charge in [-0.2, -0.15) is 0 Å². The first-order valence-electron chi connectivity index (χ1n) is 14.0.